The van der Waals surface area contributed by atoms with Crippen LogP contribution in [-0.4, -0.2) is 63.8 Å². The average Bonchev–Trinajstić information content (AvgIpc) is 2.95. The number of carbonyl (C=O) groups excluding carboxylic acids is 4. The van der Waals surface area contributed by atoms with Gasteiger partial charge in [0.25, 0.3) is 0 Å². The van der Waals surface area contributed by atoms with Crippen molar-refractivity contribution >= 4 is 23.5 Å². The van der Waals surface area contributed by atoms with E-state index in [1.54, 1.807) is 13.8 Å². The van der Waals surface area contributed by atoms with E-state index in [0.29, 0.717) is 12.0 Å². The second-order valence-electron chi connectivity index (χ2n) is 10.6. The Morgan fingerprint density at radius 3 is 2.47 bits per heavy atom. The lowest BCUT2D eigenvalue weighted by Crippen LogP contribution is -2.70. The van der Waals surface area contributed by atoms with Crippen LogP contribution < -0.4 is 0 Å². The maximum absolute atomic E-state index is 17.2. The van der Waals surface area contributed by atoms with E-state index in [1.807, 2.05) is 0 Å². The van der Waals surface area contributed by atoms with E-state index in [-0.39, 0.29) is 25.0 Å². The highest BCUT2D eigenvalue weighted by Crippen LogP contribution is 2.70. The molecule has 0 bridgehead atoms. The Morgan fingerprint density at radius 1 is 1.18 bits per heavy atom. The molecular weight excluding hydrogens is 447 g/mol. The van der Waals surface area contributed by atoms with Crippen molar-refractivity contribution in [3.63, 3.8) is 0 Å². The number of halogens is 1. The molecule has 3 unspecified atom stereocenters. The van der Waals surface area contributed by atoms with E-state index in [2.05, 4.69) is 0 Å². The Morgan fingerprint density at radius 2 is 1.85 bits per heavy atom. The summed E-state index contributed by atoms with van der Waals surface area (Å²) >= 11 is 0. The maximum atomic E-state index is 17.2. The van der Waals surface area contributed by atoms with Crippen molar-refractivity contribution in [3.05, 3.63) is 23.8 Å². The van der Waals surface area contributed by atoms with Gasteiger partial charge in [0.1, 0.15) is 6.10 Å². The molecule has 4 rings (SSSR count). The highest BCUT2D eigenvalue weighted by atomic mass is 19.1. The van der Waals surface area contributed by atoms with Crippen molar-refractivity contribution in [3.8, 4) is 0 Å². The Hall–Kier alpha value is -2.39. The predicted molar refractivity (Wildman–Crippen MR) is 116 cm³/mol. The fourth-order valence-electron chi connectivity index (χ4n) is 7.31. The summed E-state index contributed by atoms with van der Waals surface area (Å²) in [6.45, 7) is 4.80. The maximum Gasteiger partial charge on any atom is 0.303 e. The number of allylic oxidation sites excluding steroid dienone is 4. The number of ether oxygens (including phenoxy) is 2. The van der Waals surface area contributed by atoms with Crippen molar-refractivity contribution in [1.82, 2.24) is 0 Å². The minimum atomic E-state index is -2.28. The van der Waals surface area contributed by atoms with Crippen LogP contribution >= 0.6 is 0 Å². The molecule has 0 aromatic heterocycles. The molecule has 2 N–H and O–H groups in total. The van der Waals surface area contributed by atoms with Crippen molar-refractivity contribution in [2.75, 3.05) is 6.61 Å². The Bertz CT molecular complexity index is 1020. The first kappa shape index (κ1) is 24.7. The normalized spacial score (nSPS) is 44.9. The molecule has 8 atom stereocenters. The molecule has 34 heavy (non-hydrogen) atoms. The summed E-state index contributed by atoms with van der Waals surface area (Å²) in [5.41, 5.74) is -6.42. The van der Waals surface area contributed by atoms with Gasteiger partial charge in [-0.1, -0.05) is 18.6 Å². The lowest BCUT2D eigenvalue weighted by atomic mass is 9.44. The number of alkyl halides is 1. The van der Waals surface area contributed by atoms with Gasteiger partial charge < -0.3 is 19.7 Å². The Balaban J connectivity index is 1.80. The predicted octanol–water partition coefficient (Wildman–Crippen LogP) is 1.76. The van der Waals surface area contributed by atoms with Crippen molar-refractivity contribution in [2.45, 2.75) is 76.9 Å². The molecule has 0 aliphatic heterocycles. The first-order valence-corrected chi connectivity index (χ1v) is 11.6. The summed E-state index contributed by atoms with van der Waals surface area (Å²) < 4.78 is 27.4. The number of fused-ring (bicyclic) bond motifs is 5. The van der Waals surface area contributed by atoms with Crippen molar-refractivity contribution in [2.24, 2.45) is 22.7 Å². The van der Waals surface area contributed by atoms with Gasteiger partial charge in [0.05, 0.1) is 6.10 Å². The van der Waals surface area contributed by atoms with Crippen LogP contribution in [0.1, 0.15) is 53.4 Å². The summed E-state index contributed by atoms with van der Waals surface area (Å²) in [5, 5.41) is 23.1. The molecule has 4 aliphatic rings. The van der Waals surface area contributed by atoms with Crippen LogP contribution in [0.5, 0.6) is 0 Å². The van der Waals surface area contributed by atoms with E-state index in [9.17, 15) is 29.4 Å². The minimum absolute atomic E-state index is 0.0131. The van der Waals surface area contributed by atoms with Crippen LogP contribution in [0.3, 0.4) is 0 Å². The van der Waals surface area contributed by atoms with E-state index in [0.717, 1.165) is 13.8 Å². The van der Waals surface area contributed by atoms with E-state index in [4.69, 9.17) is 9.47 Å². The molecule has 0 aromatic carbocycles. The lowest BCUT2D eigenvalue weighted by Gasteiger charge is -2.62. The minimum Gasteiger partial charge on any atom is -0.459 e. The molecule has 0 saturated heterocycles. The smallest absolute Gasteiger partial charge is 0.303 e. The number of aliphatic hydroxyl groups excluding tert-OH is 1. The number of carbonyl (C=O) groups is 4. The molecule has 0 amide bonds. The summed E-state index contributed by atoms with van der Waals surface area (Å²) in [7, 11) is 0. The van der Waals surface area contributed by atoms with Crippen LogP contribution in [0.4, 0.5) is 4.39 Å². The molecule has 186 valence electrons. The first-order chi connectivity index (χ1) is 15.7. The number of hydrogen-bond donors (Lipinski definition) is 2. The van der Waals surface area contributed by atoms with Gasteiger partial charge in [0.15, 0.2) is 23.7 Å². The van der Waals surface area contributed by atoms with Gasteiger partial charge in [-0.25, -0.2) is 4.39 Å². The van der Waals surface area contributed by atoms with Crippen molar-refractivity contribution < 1.29 is 43.3 Å². The zero-order chi connectivity index (χ0) is 25.3. The number of hydrogen-bond acceptors (Lipinski definition) is 8. The molecule has 0 heterocycles. The highest BCUT2D eigenvalue weighted by molar-refractivity contribution is 6.01. The molecule has 0 radical (unpaired) electrons. The van der Waals surface area contributed by atoms with Gasteiger partial charge in [-0.2, -0.15) is 0 Å². The topological polar surface area (TPSA) is 127 Å². The molecule has 8 nitrogen and oxygen atoms in total. The van der Waals surface area contributed by atoms with Gasteiger partial charge in [-0.05, 0) is 50.7 Å². The van der Waals surface area contributed by atoms with Gasteiger partial charge in [-0.3, -0.25) is 19.2 Å². The van der Waals surface area contributed by atoms with Crippen LogP contribution in [0.15, 0.2) is 23.8 Å². The Kier molecular flexibility index (Phi) is 5.68. The molecule has 0 spiro atoms. The van der Waals surface area contributed by atoms with E-state index >= 15 is 4.39 Å². The number of esters is 2. The monoisotopic (exact) mass is 478 g/mol. The third-order valence-electron chi connectivity index (χ3n) is 8.98. The van der Waals surface area contributed by atoms with Gasteiger partial charge >= 0.3 is 11.9 Å². The molecule has 3 fully saturated rings. The Labute approximate surface area is 197 Å². The molecule has 4 aliphatic carbocycles. The molecular formula is C25H31FO8. The fourth-order valence-corrected chi connectivity index (χ4v) is 7.31. The van der Waals surface area contributed by atoms with Gasteiger partial charge in [0.2, 0.25) is 5.78 Å². The first-order valence-electron chi connectivity index (χ1n) is 11.6. The largest absolute Gasteiger partial charge is 0.459 e. The lowest BCUT2D eigenvalue weighted by molar-refractivity contribution is -0.224. The summed E-state index contributed by atoms with van der Waals surface area (Å²) in [4.78, 5) is 48.4. The van der Waals surface area contributed by atoms with Crippen LogP contribution in [0.25, 0.3) is 0 Å². The SMILES string of the molecule is CC(=O)OCC(=O)[C@@]1(O)[C@H](OC(C)=O)CC2C3CCC4=CC(=O)C=C[C@]4(C)[C@@]3(F)C(O)C[C@@]21C. The molecule has 9 heteroatoms. The number of Topliss-reactive ketones (excluding diaryl/α,β-unsaturated/α-hetero) is 1. The quantitative estimate of drug-likeness (QED) is 0.586. The third-order valence-corrected chi connectivity index (χ3v) is 8.98. The summed E-state index contributed by atoms with van der Waals surface area (Å²) in [6, 6.07) is 0. The highest BCUT2D eigenvalue weighted by Gasteiger charge is 2.77. The average molecular weight is 479 g/mol. The third kappa shape index (κ3) is 3.09. The van der Waals surface area contributed by atoms with E-state index < -0.39 is 70.5 Å². The zero-order valence-electron chi connectivity index (χ0n) is 19.8. The fraction of sp³-hybridized carbons (Fsp3) is 0.680. The second-order valence-corrected chi connectivity index (χ2v) is 10.6. The number of rotatable bonds is 4. The summed E-state index contributed by atoms with van der Waals surface area (Å²) in [5.74, 6) is -3.93. The zero-order valence-corrected chi connectivity index (χ0v) is 19.8. The summed E-state index contributed by atoms with van der Waals surface area (Å²) in [6.07, 6.45) is 1.82. The van der Waals surface area contributed by atoms with Crippen LogP contribution in [0, 0.1) is 22.7 Å². The standard InChI is InChI=1S/C25H31FO8/c1-13(27)33-12-20(31)25(32)21(34-14(2)28)10-18-17-6-5-15-9-16(29)7-8-22(15,3)24(17,26)19(30)11-23(18,25)4/h7-9,17-19,21,30,32H,5-6,10-12H2,1-4H3/t17?,18?,19?,21-,22+,23+,24+,25-/m1/s1. The number of ketones is 2. The van der Waals surface area contributed by atoms with Crippen LogP contribution in [0.2, 0.25) is 0 Å². The molecule has 0 aromatic rings. The van der Waals surface area contributed by atoms with Crippen molar-refractivity contribution in [1.29, 1.82) is 0 Å². The number of aliphatic hydroxyl groups is 2. The molecule has 3 saturated carbocycles. The second kappa shape index (κ2) is 7.81. The van der Waals surface area contributed by atoms with E-state index in [1.165, 1.54) is 18.2 Å². The van der Waals surface area contributed by atoms with Gasteiger partial charge in [0, 0.05) is 30.6 Å². The van der Waals surface area contributed by atoms with Crippen LogP contribution in [-0.2, 0) is 28.7 Å². The van der Waals surface area contributed by atoms with Gasteiger partial charge in [-0.15, -0.1) is 0 Å².